The Bertz CT molecular complexity index is 1150. The first kappa shape index (κ1) is 21.4. The molecule has 1 saturated carbocycles. The van der Waals surface area contributed by atoms with Gasteiger partial charge in [-0.15, -0.1) is 0 Å². The van der Waals surface area contributed by atoms with E-state index in [1.807, 2.05) is 10.7 Å². The van der Waals surface area contributed by atoms with E-state index >= 15 is 0 Å². The molecule has 1 aliphatic heterocycles. The molecule has 1 saturated heterocycles. The normalized spacial score (nSPS) is 18.7. The summed E-state index contributed by atoms with van der Waals surface area (Å²) in [5.41, 5.74) is 1.31. The van der Waals surface area contributed by atoms with Crippen LogP contribution in [0.15, 0.2) is 41.3 Å². The van der Waals surface area contributed by atoms with Gasteiger partial charge in [-0.05, 0) is 42.5 Å². The van der Waals surface area contributed by atoms with Crippen molar-refractivity contribution in [3.8, 4) is 0 Å². The maximum Gasteiger partial charge on any atom is 0.408 e. The number of hydrogen-bond acceptors (Lipinski definition) is 5. The van der Waals surface area contributed by atoms with E-state index in [2.05, 4.69) is 15.4 Å². The zero-order chi connectivity index (χ0) is 22.3. The van der Waals surface area contributed by atoms with Crippen LogP contribution in [0.25, 0.3) is 10.9 Å². The van der Waals surface area contributed by atoms with Gasteiger partial charge in [0.15, 0.2) is 5.82 Å². The molecule has 1 unspecified atom stereocenters. The van der Waals surface area contributed by atoms with Crippen LogP contribution in [0.5, 0.6) is 0 Å². The third-order valence-corrected chi connectivity index (χ3v) is 6.96. The van der Waals surface area contributed by atoms with Crippen LogP contribution >= 0.6 is 11.8 Å². The van der Waals surface area contributed by atoms with E-state index in [0.29, 0.717) is 47.4 Å². The molecule has 10 heteroatoms. The van der Waals surface area contributed by atoms with Gasteiger partial charge in [0.1, 0.15) is 11.4 Å². The molecule has 0 spiro atoms. The van der Waals surface area contributed by atoms with E-state index in [9.17, 15) is 18.0 Å². The van der Waals surface area contributed by atoms with E-state index in [-0.39, 0.29) is 11.1 Å². The Labute approximate surface area is 187 Å². The van der Waals surface area contributed by atoms with Gasteiger partial charge >= 0.3 is 6.18 Å². The second-order valence-electron chi connectivity index (χ2n) is 8.38. The lowest BCUT2D eigenvalue weighted by molar-refractivity contribution is -0.185. The summed E-state index contributed by atoms with van der Waals surface area (Å²) >= 11 is 1.68. The molecule has 6 nitrogen and oxygen atoms in total. The highest BCUT2D eigenvalue weighted by atomic mass is 32.2. The molecule has 0 bridgehead atoms. The number of benzene rings is 1. The Balaban J connectivity index is 1.42. The fourth-order valence-electron chi connectivity index (χ4n) is 4.24. The number of nitrogens with zero attached hydrogens (tertiary/aromatic N) is 3. The smallest absolute Gasteiger partial charge is 0.338 e. The lowest BCUT2D eigenvalue weighted by Crippen LogP contribution is -2.42. The monoisotopic (exact) mass is 463 g/mol. The van der Waals surface area contributed by atoms with Crippen molar-refractivity contribution in [3.63, 3.8) is 0 Å². The molecule has 3 aromatic rings. The highest BCUT2D eigenvalue weighted by Crippen LogP contribution is 2.39. The Morgan fingerprint density at radius 2 is 1.88 bits per heavy atom. The highest BCUT2D eigenvalue weighted by Gasteiger charge is 2.44. The Kier molecular flexibility index (Phi) is 5.66. The third kappa shape index (κ3) is 4.38. The van der Waals surface area contributed by atoms with E-state index in [0.717, 1.165) is 24.9 Å². The van der Waals surface area contributed by atoms with Crippen molar-refractivity contribution in [2.45, 2.75) is 31.6 Å². The maximum atomic E-state index is 13.9. The number of fused-ring (bicyclic) bond motifs is 1. The first-order valence-corrected chi connectivity index (χ1v) is 11.9. The number of aromatic nitrogens is 3. The van der Waals surface area contributed by atoms with Crippen LogP contribution < -0.4 is 10.9 Å². The van der Waals surface area contributed by atoms with E-state index in [1.165, 1.54) is 17.0 Å². The van der Waals surface area contributed by atoms with Crippen molar-refractivity contribution in [2.75, 3.05) is 29.9 Å². The minimum atomic E-state index is -4.35. The summed E-state index contributed by atoms with van der Waals surface area (Å²) in [6.45, 7) is 1.59. The fourth-order valence-corrected chi connectivity index (χ4v) is 5.17. The quantitative estimate of drug-likeness (QED) is 0.562. The van der Waals surface area contributed by atoms with Crippen LogP contribution in [0.2, 0.25) is 0 Å². The molecule has 5 rings (SSSR count). The average molecular weight is 464 g/mol. The van der Waals surface area contributed by atoms with Gasteiger partial charge in [0, 0.05) is 43.0 Å². The zero-order valence-electron chi connectivity index (χ0n) is 17.4. The summed E-state index contributed by atoms with van der Waals surface area (Å²) in [6.07, 6.45) is -0.428. The van der Waals surface area contributed by atoms with Crippen molar-refractivity contribution < 1.29 is 13.2 Å². The van der Waals surface area contributed by atoms with Crippen molar-refractivity contribution in [1.29, 1.82) is 0 Å². The molecule has 0 radical (unpaired) electrons. The number of rotatable bonds is 6. The van der Waals surface area contributed by atoms with Gasteiger partial charge in [-0.1, -0.05) is 12.1 Å². The summed E-state index contributed by atoms with van der Waals surface area (Å²) in [6, 6.07) is 6.47. The summed E-state index contributed by atoms with van der Waals surface area (Å²) in [4.78, 5) is 16.6. The van der Waals surface area contributed by atoms with Gasteiger partial charge in [0.2, 0.25) is 0 Å². The predicted molar refractivity (Wildman–Crippen MR) is 120 cm³/mol. The molecule has 3 heterocycles. The minimum Gasteiger partial charge on any atom is -0.338 e. The minimum absolute atomic E-state index is 0.219. The number of H-pyrrole nitrogens is 1. The topological polar surface area (TPSA) is 66.0 Å². The fraction of sp³-hybridized carbons (Fsp3) is 0.455. The first-order valence-electron chi connectivity index (χ1n) is 10.7. The van der Waals surface area contributed by atoms with Gasteiger partial charge in [-0.3, -0.25) is 14.4 Å². The van der Waals surface area contributed by atoms with Crippen molar-refractivity contribution in [1.82, 2.24) is 19.7 Å². The summed E-state index contributed by atoms with van der Waals surface area (Å²) in [5, 5.41) is 8.18. The van der Waals surface area contributed by atoms with Crippen molar-refractivity contribution in [2.24, 2.45) is 5.92 Å². The van der Waals surface area contributed by atoms with Crippen LogP contribution in [0.1, 0.15) is 24.4 Å². The van der Waals surface area contributed by atoms with Crippen molar-refractivity contribution in [3.05, 3.63) is 52.4 Å². The molecule has 1 aromatic carbocycles. The van der Waals surface area contributed by atoms with E-state index in [1.54, 1.807) is 30.1 Å². The number of pyridine rings is 1. The first-order chi connectivity index (χ1) is 15.4. The predicted octanol–water partition coefficient (Wildman–Crippen LogP) is 4.53. The number of alkyl halides is 3. The van der Waals surface area contributed by atoms with Crippen LogP contribution in [0, 0.1) is 5.92 Å². The van der Waals surface area contributed by atoms with Crippen LogP contribution in [0.3, 0.4) is 0 Å². The van der Waals surface area contributed by atoms with Crippen molar-refractivity contribution >= 4 is 34.2 Å². The molecule has 2 fully saturated rings. The number of anilines is 2. The van der Waals surface area contributed by atoms with Gasteiger partial charge in [0.05, 0.1) is 5.52 Å². The number of aromatic amines is 1. The lowest BCUT2D eigenvalue weighted by atomic mass is 10.0. The Morgan fingerprint density at radius 3 is 2.53 bits per heavy atom. The van der Waals surface area contributed by atoms with E-state index in [4.69, 9.17) is 0 Å². The number of nitrogens with one attached hydrogen (secondary N) is 2. The number of hydrogen-bond donors (Lipinski definition) is 2. The molecular formula is C22H24F3N5OS. The van der Waals surface area contributed by atoms with Crippen LogP contribution in [0.4, 0.5) is 24.7 Å². The molecule has 1 atom stereocenters. The zero-order valence-corrected chi connectivity index (χ0v) is 18.2. The number of halogens is 3. The molecule has 0 amide bonds. The van der Waals surface area contributed by atoms with Crippen LogP contribution in [-0.4, -0.2) is 50.4 Å². The maximum absolute atomic E-state index is 13.9. The molecule has 2 N–H and O–H groups in total. The number of thioether (sulfide) groups is 1. The average Bonchev–Trinajstić information content (AvgIpc) is 3.51. The molecule has 2 aromatic heterocycles. The lowest BCUT2D eigenvalue weighted by Gasteiger charge is -2.35. The summed E-state index contributed by atoms with van der Waals surface area (Å²) in [7, 11) is 0. The Morgan fingerprint density at radius 1 is 1.16 bits per heavy atom. The van der Waals surface area contributed by atoms with Gasteiger partial charge < -0.3 is 10.3 Å². The van der Waals surface area contributed by atoms with Gasteiger partial charge in [0.25, 0.3) is 5.56 Å². The molecule has 32 heavy (non-hydrogen) atoms. The third-order valence-electron chi connectivity index (χ3n) is 6.01. The molecular weight excluding hydrogens is 439 g/mol. The highest BCUT2D eigenvalue weighted by molar-refractivity contribution is 7.99. The standard InChI is InChI=1S/C22H24F3N5OS/c23-22(24,25)19(29-9-11-32-12-10-29)15-3-5-16(6-4-15)27-20-18-17(7-8-26-21(18)31)30(28-20)13-14-1-2-14/h3-8,14,19H,1-2,9-13H2,(H,26,31)(H,27,28). The largest absolute Gasteiger partial charge is 0.408 e. The molecule has 170 valence electrons. The summed E-state index contributed by atoms with van der Waals surface area (Å²) in [5.74, 6) is 2.40. The van der Waals surface area contributed by atoms with Crippen LogP contribution in [-0.2, 0) is 6.54 Å². The van der Waals surface area contributed by atoms with Gasteiger partial charge in [-0.25, -0.2) is 0 Å². The second-order valence-corrected chi connectivity index (χ2v) is 9.61. The Hall–Kier alpha value is -2.46. The molecule has 2 aliphatic rings. The molecule has 1 aliphatic carbocycles. The van der Waals surface area contributed by atoms with E-state index < -0.39 is 12.2 Å². The summed E-state index contributed by atoms with van der Waals surface area (Å²) < 4.78 is 43.4. The second kappa shape index (κ2) is 8.47. The van der Waals surface area contributed by atoms with Gasteiger partial charge in [-0.2, -0.15) is 30.0 Å². The SMILES string of the molecule is O=c1[nH]ccc2c1c(Nc1ccc(C(N3CCSCC3)C(F)(F)F)cc1)nn2CC1CC1.